The third-order valence-electron chi connectivity index (χ3n) is 4.48. The lowest BCUT2D eigenvalue weighted by Gasteiger charge is -2.29. The van der Waals surface area contributed by atoms with Gasteiger partial charge in [0.05, 0.1) is 11.4 Å². The molecule has 0 spiro atoms. The Morgan fingerprint density at radius 2 is 1.93 bits per heavy atom. The lowest BCUT2D eigenvalue weighted by atomic mass is 10.1. The fraction of sp³-hybridized carbons (Fsp3) is 0.300. The predicted octanol–water partition coefficient (Wildman–Crippen LogP) is 1.85. The van der Waals surface area contributed by atoms with E-state index in [9.17, 15) is 14.4 Å². The summed E-state index contributed by atoms with van der Waals surface area (Å²) in [5.74, 6) is -0.571. The van der Waals surface area contributed by atoms with Crippen LogP contribution in [0.2, 0.25) is 0 Å². The second-order valence-electron chi connectivity index (χ2n) is 6.43. The van der Waals surface area contributed by atoms with Crippen molar-refractivity contribution >= 4 is 29.1 Å². The summed E-state index contributed by atoms with van der Waals surface area (Å²) in [6.07, 6.45) is 2.56. The first-order valence-electron chi connectivity index (χ1n) is 8.87. The fourth-order valence-electron chi connectivity index (χ4n) is 2.95. The van der Waals surface area contributed by atoms with Gasteiger partial charge in [0.15, 0.2) is 0 Å². The van der Waals surface area contributed by atoms with E-state index in [-0.39, 0.29) is 37.1 Å². The van der Waals surface area contributed by atoms with Crippen LogP contribution in [0.4, 0.5) is 11.4 Å². The monoisotopic (exact) mass is 366 g/mol. The third kappa shape index (κ3) is 4.69. The number of hydrogen-bond acceptors (Lipinski definition) is 4. The summed E-state index contributed by atoms with van der Waals surface area (Å²) in [6.45, 7) is 0.512. The first kappa shape index (κ1) is 18.6. The molecule has 0 bridgehead atoms. The van der Waals surface area contributed by atoms with Crippen LogP contribution in [0.15, 0.2) is 48.7 Å². The Morgan fingerprint density at radius 3 is 2.70 bits per heavy atom. The highest BCUT2D eigenvalue weighted by molar-refractivity contribution is 6.10. The van der Waals surface area contributed by atoms with E-state index in [0.717, 1.165) is 5.69 Å². The molecule has 3 rings (SSSR count). The molecular weight excluding hydrogens is 344 g/mol. The zero-order chi connectivity index (χ0) is 19.2. The van der Waals surface area contributed by atoms with Crippen LogP contribution < -0.4 is 10.2 Å². The summed E-state index contributed by atoms with van der Waals surface area (Å²) >= 11 is 0. The van der Waals surface area contributed by atoms with E-state index < -0.39 is 0 Å². The summed E-state index contributed by atoms with van der Waals surface area (Å²) < 4.78 is 0. The van der Waals surface area contributed by atoms with E-state index in [0.29, 0.717) is 24.3 Å². The second-order valence-corrected chi connectivity index (χ2v) is 6.43. The fourth-order valence-corrected chi connectivity index (χ4v) is 2.95. The molecule has 0 atom stereocenters. The van der Waals surface area contributed by atoms with E-state index in [4.69, 9.17) is 0 Å². The van der Waals surface area contributed by atoms with Crippen molar-refractivity contribution in [3.63, 3.8) is 0 Å². The highest BCUT2D eigenvalue weighted by Gasteiger charge is 2.26. The van der Waals surface area contributed by atoms with Crippen LogP contribution in [-0.2, 0) is 20.8 Å². The number of carbonyl (C=O) groups is 3. The number of pyridine rings is 1. The molecule has 1 aliphatic heterocycles. The van der Waals surface area contributed by atoms with Crippen molar-refractivity contribution in [1.82, 2.24) is 9.88 Å². The van der Waals surface area contributed by atoms with Gasteiger partial charge in [-0.25, -0.2) is 0 Å². The van der Waals surface area contributed by atoms with Crippen LogP contribution in [0.3, 0.4) is 0 Å². The number of rotatable bonds is 6. The second kappa shape index (κ2) is 8.44. The van der Waals surface area contributed by atoms with Gasteiger partial charge in [0, 0.05) is 44.7 Å². The molecule has 1 aromatic heterocycles. The van der Waals surface area contributed by atoms with E-state index in [1.165, 1.54) is 4.90 Å². The molecule has 1 aliphatic rings. The largest absolute Gasteiger partial charge is 0.345 e. The van der Waals surface area contributed by atoms with Gasteiger partial charge in [-0.3, -0.25) is 19.4 Å². The zero-order valence-corrected chi connectivity index (χ0v) is 15.2. The minimum atomic E-state index is -0.235. The number of likely N-dealkylation sites (N-methyl/N-ethyl adjacent to an activating group) is 1. The van der Waals surface area contributed by atoms with Gasteiger partial charge >= 0.3 is 0 Å². The quantitative estimate of drug-likeness (QED) is 0.846. The Kier molecular flexibility index (Phi) is 5.80. The van der Waals surface area contributed by atoms with Crippen molar-refractivity contribution in [2.45, 2.75) is 19.3 Å². The van der Waals surface area contributed by atoms with Crippen LogP contribution in [-0.4, -0.2) is 47.7 Å². The molecule has 3 amide bonds. The average molecular weight is 366 g/mol. The standard InChI is InChI=1S/C20H22N4O3/c1-23(13-11-15-6-4-5-12-21-15)19(26)9-10-20(27)24-14-18(25)22-16-7-2-3-8-17(16)24/h2-8,12H,9-11,13-14H2,1H3,(H,22,25). The molecule has 0 aliphatic carbocycles. The van der Waals surface area contributed by atoms with Gasteiger partial charge in [0.25, 0.3) is 0 Å². The first-order valence-corrected chi connectivity index (χ1v) is 8.87. The number of hydrogen-bond donors (Lipinski definition) is 1. The summed E-state index contributed by atoms with van der Waals surface area (Å²) in [6, 6.07) is 12.8. The van der Waals surface area contributed by atoms with Crippen molar-refractivity contribution < 1.29 is 14.4 Å². The van der Waals surface area contributed by atoms with E-state index in [2.05, 4.69) is 10.3 Å². The lowest BCUT2D eigenvalue weighted by Crippen LogP contribution is -2.42. The highest BCUT2D eigenvalue weighted by atomic mass is 16.2. The minimum absolute atomic E-state index is 0.0282. The molecule has 0 radical (unpaired) electrons. The maximum atomic E-state index is 12.6. The first-order chi connectivity index (χ1) is 13.0. The summed E-state index contributed by atoms with van der Waals surface area (Å²) in [7, 11) is 1.72. The van der Waals surface area contributed by atoms with Crippen LogP contribution in [0.25, 0.3) is 0 Å². The molecule has 0 fully saturated rings. The molecule has 2 heterocycles. The van der Waals surface area contributed by atoms with Crippen molar-refractivity contribution in [1.29, 1.82) is 0 Å². The van der Waals surface area contributed by atoms with E-state index >= 15 is 0 Å². The van der Waals surface area contributed by atoms with Crippen molar-refractivity contribution in [3.8, 4) is 0 Å². The topological polar surface area (TPSA) is 82.6 Å². The summed E-state index contributed by atoms with van der Waals surface area (Å²) in [5, 5.41) is 2.75. The van der Waals surface area contributed by atoms with Crippen LogP contribution in [0.1, 0.15) is 18.5 Å². The molecule has 2 aromatic rings. The van der Waals surface area contributed by atoms with Gasteiger partial charge in [-0.05, 0) is 24.3 Å². The van der Waals surface area contributed by atoms with Crippen molar-refractivity contribution in [3.05, 3.63) is 54.4 Å². The van der Waals surface area contributed by atoms with Crippen molar-refractivity contribution in [2.24, 2.45) is 0 Å². The maximum absolute atomic E-state index is 12.6. The van der Waals surface area contributed by atoms with Crippen molar-refractivity contribution in [2.75, 3.05) is 30.4 Å². The lowest BCUT2D eigenvalue weighted by molar-refractivity contribution is -0.132. The van der Waals surface area contributed by atoms with E-state index in [1.807, 2.05) is 24.3 Å². The number of anilines is 2. The number of fused-ring (bicyclic) bond motifs is 1. The number of nitrogens with zero attached hydrogens (tertiary/aromatic N) is 3. The Hall–Kier alpha value is -3.22. The molecule has 1 aromatic carbocycles. The number of carbonyl (C=O) groups excluding carboxylic acids is 3. The normalized spacial score (nSPS) is 12.9. The Balaban J connectivity index is 1.53. The SMILES string of the molecule is CN(CCc1ccccn1)C(=O)CCC(=O)N1CC(=O)Nc2ccccc21. The molecule has 0 unspecified atom stereocenters. The van der Waals surface area contributed by atoms with Crippen LogP contribution in [0, 0.1) is 0 Å². The smallest absolute Gasteiger partial charge is 0.244 e. The summed E-state index contributed by atoms with van der Waals surface area (Å²) in [5.41, 5.74) is 2.20. The van der Waals surface area contributed by atoms with Gasteiger partial charge < -0.3 is 15.1 Å². The van der Waals surface area contributed by atoms with E-state index in [1.54, 1.807) is 36.3 Å². The Labute approximate surface area is 158 Å². The van der Waals surface area contributed by atoms with Gasteiger partial charge in [-0.1, -0.05) is 18.2 Å². The van der Waals surface area contributed by atoms with Gasteiger partial charge in [0.2, 0.25) is 17.7 Å². The molecule has 0 saturated carbocycles. The van der Waals surface area contributed by atoms with Crippen LogP contribution >= 0.6 is 0 Å². The Morgan fingerprint density at radius 1 is 1.15 bits per heavy atom. The molecule has 140 valence electrons. The number of aromatic nitrogens is 1. The third-order valence-corrected chi connectivity index (χ3v) is 4.48. The maximum Gasteiger partial charge on any atom is 0.244 e. The van der Waals surface area contributed by atoms with Gasteiger partial charge in [-0.15, -0.1) is 0 Å². The molecule has 0 saturated heterocycles. The predicted molar refractivity (Wildman–Crippen MR) is 102 cm³/mol. The van der Waals surface area contributed by atoms with Gasteiger partial charge in [-0.2, -0.15) is 0 Å². The average Bonchev–Trinajstić information content (AvgIpc) is 2.70. The molecule has 7 heteroatoms. The molecular formula is C20H22N4O3. The highest BCUT2D eigenvalue weighted by Crippen LogP contribution is 2.29. The molecule has 27 heavy (non-hydrogen) atoms. The number of amides is 3. The molecule has 1 N–H and O–H groups in total. The number of benzene rings is 1. The number of nitrogens with one attached hydrogen (secondary N) is 1. The van der Waals surface area contributed by atoms with Gasteiger partial charge in [0.1, 0.15) is 6.54 Å². The molecule has 7 nitrogen and oxygen atoms in total. The summed E-state index contributed by atoms with van der Waals surface area (Å²) in [4.78, 5) is 44.0. The number of para-hydroxylation sites is 2. The zero-order valence-electron chi connectivity index (χ0n) is 15.2. The Bertz CT molecular complexity index is 838. The van der Waals surface area contributed by atoms with Crippen LogP contribution in [0.5, 0.6) is 0 Å². The minimum Gasteiger partial charge on any atom is -0.345 e.